The Morgan fingerprint density at radius 2 is 1.76 bits per heavy atom. The van der Waals surface area contributed by atoms with Crippen LogP contribution in [0, 0.1) is 27.9 Å². The van der Waals surface area contributed by atoms with E-state index in [1.165, 1.54) is 12.1 Å². The Morgan fingerprint density at radius 3 is 2.48 bits per heavy atom. The molecule has 1 aliphatic heterocycles. The topological polar surface area (TPSA) is 89.8 Å². The molecule has 33 heavy (non-hydrogen) atoms. The van der Waals surface area contributed by atoms with Crippen molar-refractivity contribution >= 4 is 17.6 Å². The molecule has 0 N–H and O–H groups in total. The highest BCUT2D eigenvalue weighted by Gasteiger charge is 2.51. The molecule has 1 heterocycles. The number of hydrogen-bond acceptors (Lipinski definition) is 5. The Morgan fingerprint density at radius 1 is 1.03 bits per heavy atom. The lowest BCUT2D eigenvalue weighted by Gasteiger charge is -2.33. The Labute approximate surface area is 192 Å². The molecular weight excluding hydrogens is 420 g/mol. The van der Waals surface area contributed by atoms with Gasteiger partial charge in [0.05, 0.1) is 10.8 Å². The third kappa shape index (κ3) is 4.03. The van der Waals surface area contributed by atoms with E-state index >= 15 is 0 Å². The fourth-order valence-corrected chi connectivity index (χ4v) is 5.72. The number of amides is 1. The second-order valence-corrected chi connectivity index (χ2v) is 9.13. The summed E-state index contributed by atoms with van der Waals surface area (Å²) in [5, 5.41) is 11.0. The molecule has 0 radical (unpaired) electrons. The first-order valence-corrected chi connectivity index (χ1v) is 11.5. The minimum atomic E-state index is -0.554. The predicted molar refractivity (Wildman–Crippen MR) is 121 cm³/mol. The molecule has 5 atom stereocenters. The molecule has 2 aromatic rings. The van der Waals surface area contributed by atoms with Gasteiger partial charge in [-0.2, -0.15) is 0 Å². The number of nitro groups is 1. The minimum Gasteiger partial charge on any atom is -0.459 e. The number of hydrogen-bond donors (Lipinski definition) is 0. The number of allylic oxidation sites excluding steroid dienone is 2. The van der Waals surface area contributed by atoms with Crippen LogP contribution >= 0.6 is 0 Å². The Bertz CT molecular complexity index is 1080. The normalized spacial score (nSPS) is 27.6. The number of esters is 1. The zero-order chi connectivity index (χ0) is 22.9. The molecule has 0 spiro atoms. The van der Waals surface area contributed by atoms with Crippen LogP contribution in [0.3, 0.4) is 0 Å². The Kier molecular flexibility index (Phi) is 5.70. The number of non-ortho nitro benzene ring substituents is 1. The molecule has 3 aliphatic rings. The van der Waals surface area contributed by atoms with Crippen LogP contribution in [0.4, 0.5) is 5.69 Å². The van der Waals surface area contributed by atoms with Crippen molar-refractivity contribution in [2.75, 3.05) is 6.54 Å². The second-order valence-electron chi connectivity index (χ2n) is 9.13. The average Bonchev–Trinajstić information content (AvgIpc) is 3.59. The van der Waals surface area contributed by atoms with Gasteiger partial charge in [-0.1, -0.05) is 54.6 Å². The van der Waals surface area contributed by atoms with E-state index in [4.69, 9.17) is 4.74 Å². The van der Waals surface area contributed by atoms with Gasteiger partial charge in [0, 0.05) is 24.6 Å². The third-order valence-corrected chi connectivity index (χ3v) is 7.27. The van der Waals surface area contributed by atoms with Gasteiger partial charge in [0.25, 0.3) is 5.69 Å². The SMILES string of the molecule is O=C(OCc1ccccc1)[C@@H]1CCCN1C(=O)[C@@H]1[C@@H](c2ccc([N+](=O)[O-])cc2)[C@@H]2C=C[C@H]1C2. The van der Waals surface area contributed by atoms with E-state index in [0.29, 0.717) is 13.0 Å². The monoisotopic (exact) mass is 446 g/mol. The maximum absolute atomic E-state index is 13.8. The van der Waals surface area contributed by atoms with E-state index in [0.717, 1.165) is 24.0 Å². The largest absolute Gasteiger partial charge is 0.459 e. The molecule has 2 fully saturated rings. The number of ether oxygens (including phenoxy) is 1. The number of carbonyl (C=O) groups is 2. The molecule has 2 aliphatic carbocycles. The number of nitro benzene ring substituents is 1. The van der Waals surface area contributed by atoms with Crippen molar-refractivity contribution < 1.29 is 19.2 Å². The summed E-state index contributed by atoms with van der Waals surface area (Å²) < 4.78 is 5.55. The summed E-state index contributed by atoms with van der Waals surface area (Å²) in [7, 11) is 0. The summed E-state index contributed by atoms with van der Waals surface area (Å²) in [6.45, 7) is 0.745. The van der Waals surface area contributed by atoms with Gasteiger partial charge in [-0.3, -0.25) is 14.9 Å². The summed E-state index contributed by atoms with van der Waals surface area (Å²) >= 11 is 0. The summed E-state index contributed by atoms with van der Waals surface area (Å²) in [6.07, 6.45) is 6.56. The van der Waals surface area contributed by atoms with Crippen LogP contribution in [0.5, 0.6) is 0 Å². The Hall–Kier alpha value is -3.48. The molecule has 0 unspecified atom stereocenters. The van der Waals surface area contributed by atoms with E-state index in [-0.39, 0.29) is 47.8 Å². The van der Waals surface area contributed by atoms with Gasteiger partial charge < -0.3 is 9.64 Å². The predicted octanol–water partition coefficient (Wildman–Crippen LogP) is 4.23. The highest BCUT2D eigenvalue weighted by molar-refractivity contribution is 5.88. The van der Waals surface area contributed by atoms with Crippen molar-refractivity contribution in [1.29, 1.82) is 0 Å². The Balaban J connectivity index is 1.33. The van der Waals surface area contributed by atoms with Crippen LogP contribution in [0.25, 0.3) is 0 Å². The average molecular weight is 447 g/mol. The number of nitrogens with zero attached hydrogens (tertiary/aromatic N) is 2. The lowest BCUT2D eigenvalue weighted by Crippen LogP contribution is -2.46. The number of likely N-dealkylation sites (tertiary alicyclic amines) is 1. The van der Waals surface area contributed by atoms with Gasteiger partial charge in [0.2, 0.25) is 5.91 Å². The minimum absolute atomic E-state index is 0.00522. The lowest BCUT2D eigenvalue weighted by molar-refractivity contribution is -0.384. The van der Waals surface area contributed by atoms with E-state index in [9.17, 15) is 19.7 Å². The van der Waals surface area contributed by atoms with E-state index < -0.39 is 11.0 Å². The molecule has 1 saturated carbocycles. The number of benzene rings is 2. The van der Waals surface area contributed by atoms with Gasteiger partial charge in [0.1, 0.15) is 12.6 Å². The highest BCUT2D eigenvalue weighted by atomic mass is 16.6. The molecule has 0 aromatic heterocycles. The van der Waals surface area contributed by atoms with Crippen molar-refractivity contribution in [3.8, 4) is 0 Å². The second kappa shape index (κ2) is 8.81. The molecule has 2 bridgehead atoms. The zero-order valence-electron chi connectivity index (χ0n) is 18.2. The van der Waals surface area contributed by atoms with Crippen molar-refractivity contribution in [3.63, 3.8) is 0 Å². The molecule has 7 nitrogen and oxygen atoms in total. The smallest absolute Gasteiger partial charge is 0.329 e. The van der Waals surface area contributed by atoms with Crippen LogP contribution in [0.1, 0.15) is 36.3 Å². The summed E-state index contributed by atoms with van der Waals surface area (Å²) in [5.74, 6) is -0.288. The fourth-order valence-electron chi connectivity index (χ4n) is 5.72. The van der Waals surface area contributed by atoms with Gasteiger partial charge in [-0.05, 0) is 42.2 Å². The molecule has 1 amide bonds. The molecule has 170 valence electrons. The quantitative estimate of drug-likeness (QED) is 0.287. The maximum atomic E-state index is 13.8. The van der Waals surface area contributed by atoms with Gasteiger partial charge >= 0.3 is 5.97 Å². The van der Waals surface area contributed by atoms with Crippen molar-refractivity contribution in [2.24, 2.45) is 17.8 Å². The highest BCUT2D eigenvalue weighted by Crippen LogP contribution is 2.54. The van der Waals surface area contributed by atoms with E-state index in [1.807, 2.05) is 30.3 Å². The van der Waals surface area contributed by atoms with Crippen LogP contribution in [-0.2, 0) is 20.9 Å². The molecule has 2 aromatic carbocycles. The molecule has 5 rings (SSSR count). The molecular formula is C26H26N2O5. The number of rotatable bonds is 6. The standard InChI is InChI=1S/C26H26N2O5/c29-25(27-14-4-7-22(27)26(30)33-16-17-5-2-1-3-6-17)24-20-9-8-19(15-20)23(24)18-10-12-21(13-11-18)28(31)32/h1-3,5-6,8-13,19-20,22-24H,4,7,14-16H2/t19-,20+,22+,23+,24+/m1/s1. The van der Waals surface area contributed by atoms with Crippen LogP contribution < -0.4 is 0 Å². The van der Waals surface area contributed by atoms with Crippen molar-refractivity contribution in [1.82, 2.24) is 4.90 Å². The van der Waals surface area contributed by atoms with E-state index in [2.05, 4.69) is 12.2 Å². The maximum Gasteiger partial charge on any atom is 0.329 e. The summed E-state index contributed by atoms with van der Waals surface area (Å²) in [5.41, 5.74) is 1.90. The summed E-state index contributed by atoms with van der Waals surface area (Å²) in [4.78, 5) is 39.0. The molecule has 7 heteroatoms. The first-order valence-electron chi connectivity index (χ1n) is 11.5. The van der Waals surface area contributed by atoms with Crippen molar-refractivity contribution in [3.05, 3.63) is 88.0 Å². The van der Waals surface area contributed by atoms with Crippen LogP contribution in [0.2, 0.25) is 0 Å². The zero-order valence-corrected chi connectivity index (χ0v) is 18.2. The van der Waals surface area contributed by atoms with Crippen LogP contribution in [0.15, 0.2) is 66.7 Å². The first-order chi connectivity index (χ1) is 16.0. The van der Waals surface area contributed by atoms with Crippen molar-refractivity contribution in [2.45, 2.75) is 37.8 Å². The lowest BCUT2D eigenvalue weighted by atomic mass is 9.77. The molecule has 1 saturated heterocycles. The number of fused-ring (bicyclic) bond motifs is 2. The third-order valence-electron chi connectivity index (χ3n) is 7.27. The first kappa shape index (κ1) is 21.4. The van der Waals surface area contributed by atoms with Gasteiger partial charge in [0.15, 0.2) is 0 Å². The van der Waals surface area contributed by atoms with Gasteiger partial charge in [-0.15, -0.1) is 0 Å². The summed E-state index contributed by atoms with van der Waals surface area (Å²) in [6, 6.07) is 15.5. The van der Waals surface area contributed by atoms with Crippen LogP contribution in [-0.4, -0.2) is 34.3 Å². The van der Waals surface area contributed by atoms with E-state index in [1.54, 1.807) is 17.0 Å². The number of carbonyl (C=O) groups excluding carboxylic acids is 2. The van der Waals surface area contributed by atoms with Gasteiger partial charge in [-0.25, -0.2) is 4.79 Å². The fraction of sp³-hybridized carbons (Fsp3) is 0.385.